The molecule has 0 aliphatic heterocycles. The second-order valence-corrected chi connectivity index (χ2v) is 4.65. The van der Waals surface area contributed by atoms with Crippen molar-refractivity contribution in [2.75, 3.05) is 5.32 Å². The lowest BCUT2D eigenvalue weighted by Gasteiger charge is -2.18. The Bertz CT molecular complexity index is 599. The highest BCUT2D eigenvalue weighted by molar-refractivity contribution is 5.50. The van der Waals surface area contributed by atoms with Crippen molar-refractivity contribution in [2.45, 2.75) is 26.8 Å². The van der Waals surface area contributed by atoms with E-state index in [1.165, 1.54) is 18.2 Å². The van der Waals surface area contributed by atoms with Gasteiger partial charge in [0.15, 0.2) is 0 Å². The maximum absolute atomic E-state index is 13.2. The summed E-state index contributed by atoms with van der Waals surface area (Å²) in [6.07, 6.45) is 0. The summed E-state index contributed by atoms with van der Waals surface area (Å²) in [5.41, 5.74) is 3.23. The van der Waals surface area contributed by atoms with Gasteiger partial charge in [0.1, 0.15) is 11.6 Å². The molecular formula is C15H17FN2O. The van der Waals surface area contributed by atoms with Crippen LogP contribution >= 0.6 is 0 Å². The van der Waals surface area contributed by atoms with Gasteiger partial charge in [0.25, 0.3) is 0 Å². The zero-order valence-electron chi connectivity index (χ0n) is 11.2. The molecule has 4 heteroatoms. The third kappa shape index (κ3) is 3.02. The Hall–Kier alpha value is -2.10. The van der Waals surface area contributed by atoms with Crippen molar-refractivity contribution in [1.82, 2.24) is 4.98 Å². The first kappa shape index (κ1) is 13.3. The molecule has 0 saturated carbocycles. The molecule has 0 amide bonds. The number of phenols is 1. The van der Waals surface area contributed by atoms with Gasteiger partial charge in [-0.2, -0.15) is 0 Å². The Morgan fingerprint density at radius 2 is 1.95 bits per heavy atom. The maximum Gasteiger partial charge on any atom is 0.123 e. The first-order valence-corrected chi connectivity index (χ1v) is 6.16. The van der Waals surface area contributed by atoms with Crippen molar-refractivity contribution in [3.05, 3.63) is 53.1 Å². The van der Waals surface area contributed by atoms with Gasteiger partial charge < -0.3 is 10.4 Å². The highest BCUT2D eigenvalue weighted by atomic mass is 19.1. The number of rotatable bonds is 3. The summed E-state index contributed by atoms with van der Waals surface area (Å²) in [4.78, 5) is 4.36. The number of nitrogens with one attached hydrogen (secondary N) is 1. The normalized spacial score (nSPS) is 12.2. The number of aryl methyl sites for hydroxylation is 2. The minimum absolute atomic E-state index is 0.0825. The maximum atomic E-state index is 13.2. The summed E-state index contributed by atoms with van der Waals surface area (Å²) >= 11 is 0. The Balaban J connectivity index is 2.25. The molecule has 3 nitrogen and oxygen atoms in total. The van der Waals surface area contributed by atoms with Gasteiger partial charge in [-0.15, -0.1) is 0 Å². The summed E-state index contributed by atoms with van der Waals surface area (Å²) in [7, 11) is 0. The van der Waals surface area contributed by atoms with Gasteiger partial charge in [0, 0.05) is 11.3 Å². The van der Waals surface area contributed by atoms with E-state index in [1.807, 2.05) is 32.9 Å². The number of nitrogens with zero attached hydrogens (tertiary/aromatic N) is 1. The van der Waals surface area contributed by atoms with Crippen molar-refractivity contribution < 1.29 is 9.50 Å². The van der Waals surface area contributed by atoms with Gasteiger partial charge in [-0.05, 0) is 51.1 Å². The number of aromatic nitrogens is 1. The number of pyridine rings is 1. The zero-order chi connectivity index (χ0) is 14.0. The molecule has 0 aliphatic carbocycles. The van der Waals surface area contributed by atoms with Crippen LogP contribution in [0.4, 0.5) is 10.1 Å². The lowest BCUT2D eigenvalue weighted by Crippen LogP contribution is -2.09. The summed E-state index contributed by atoms with van der Waals surface area (Å²) in [6, 6.07) is 7.58. The van der Waals surface area contributed by atoms with Crippen LogP contribution in [0.5, 0.6) is 5.75 Å². The molecular weight excluding hydrogens is 243 g/mol. The largest absolute Gasteiger partial charge is 0.508 e. The van der Waals surface area contributed by atoms with Crippen LogP contribution in [0.25, 0.3) is 0 Å². The van der Waals surface area contributed by atoms with E-state index < -0.39 is 0 Å². The number of benzene rings is 1. The van der Waals surface area contributed by atoms with E-state index in [0.717, 1.165) is 17.1 Å². The second kappa shape index (κ2) is 5.26. The predicted molar refractivity (Wildman–Crippen MR) is 73.8 cm³/mol. The average Bonchev–Trinajstić information content (AvgIpc) is 2.35. The van der Waals surface area contributed by atoms with Gasteiger partial charge in [-0.25, -0.2) is 4.39 Å². The summed E-state index contributed by atoms with van der Waals surface area (Å²) in [5.74, 6) is -0.278. The van der Waals surface area contributed by atoms with Crippen molar-refractivity contribution in [3.63, 3.8) is 0 Å². The highest BCUT2D eigenvalue weighted by Crippen LogP contribution is 2.28. The van der Waals surface area contributed by atoms with E-state index in [-0.39, 0.29) is 17.6 Å². The molecule has 19 heavy (non-hydrogen) atoms. The SMILES string of the molecule is Cc1ccc(NC(C)c2cc(F)ccc2O)c(C)n1. The highest BCUT2D eigenvalue weighted by Gasteiger charge is 2.12. The van der Waals surface area contributed by atoms with Crippen molar-refractivity contribution in [1.29, 1.82) is 0 Å². The van der Waals surface area contributed by atoms with Gasteiger partial charge in [-0.3, -0.25) is 4.98 Å². The number of halogens is 1. The predicted octanol–water partition coefficient (Wildman–Crippen LogP) is 3.72. The molecule has 0 radical (unpaired) electrons. The van der Waals surface area contributed by atoms with Crippen LogP contribution in [0.15, 0.2) is 30.3 Å². The summed E-state index contributed by atoms with van der Waals surface area (Å²) < 4.78 is 13.2. The van der Waals surface area contributed by atoms with Crippen LogP contribution in [0.1, 0.15) is 29.9 Å². The lowest BCUT2D eigenvalue weighted by atomic mass is 10.1. The van der Waals surface area contributed by atoms with Crippen molar-refractivity contribution in [3.8, 4) is 5.75 Å². The molecule has 100 valence electrons. The molecule has 0 spiro atoms. The van der Waals surface area contributed by atoms with E-state index in [0.29, 0.717) is 5.56 Å². The Morgan fingerprint density at radius 3 is 2.63 bits per heavy atom. The number of hydrogen-bond donors (Lipinski definition) is 2. The molecule has 0 saturated heterocycles. The minimum atomic E-state index is -0.361. The third-order valence-electron chi connectivity index (χ3n) is 3.05. The smallest absolute Gasteiger partial charge is 0.123 e. The molecule has 0 bridgehead atoms. The standard InChI is InChI=1S/C15H17FN2O/c1-9-4-6-14(11(3)17-9)18-10(2)13-8-12(16)5-7-15(13)19/h4-8,10,18-19H,1-3H3. The molecule has 2 aromatic rings. The molecule has 1 aromatic heterocycles. The fourth-order valence-corrected chi connectivity index (χ4v) is 2.02. The van der Waals surface area contributed by atoms with E-state index in [1.54, 1.807) is 0 Å². The van der Waals surface area contributed by atoms with Crippen LogP contribution in [0.3, 0.4) is 0 Å². The zero-order valence-corrected chi connectivity index (χ0v) is 11.2. The van der Waals surface area contributed by atoms with Crippen LogP contribution in [-0.4, -0.2) is 10.1 Å². The summed E-state index contributed by atoms with van der Waals surface area (Å²) in [5, 5.41) is 13.0. The van der Waals surface area contributed by atoms with E-state index in [4.69, 9.17) is 0 Å². The molecule has 1 unspecified atom stereocenters. The van der Waals surface area contributed by atoms with E-state index in [2.05, 4.69) is 10.3 Å². The number of anilines is 1. The van der Waals surface area contributed by atoms with Crippen molar-refractivity contribution >= 4 is 5.69 Å². The molecule has 1 atom stereocenters. The van der Waals surface area contributed by atoms with Crippen LogP contribution in [0, 0.1) is 19.7 Å². The fourth-order valence-electron chi connectivity index (χ4n) is 2.02. The first-order chi connectivity index (χ1) is 8.97. The molecule has 2 rings (SSSR count). The summed E-state index contributed by atoms with van der Waals surface area (Å²) in [6.45, 7) is 5.71. The first-order valence-electron chi connectivity index (χ1n) is 6.16. The molecule has 0 fully saturated rings. The van der Waals surface area contributed by atoms with E-state index >= 15 is 0 Å². The van der Waals surface area contributed by atoms with Crippen LogP contribution in [0.2, 0.25) is 0 Å². The molecule has 1 aromatic carbocycles. The average molecular weight is 260 g/mol. The Labute approximate surface area is 112 Å². The molecule has 2 N–H and O–H groups in total. The van der Waals surface area contributed by atoms with Gasteiger partial charge >= 0.3 is 0 Å². The Kier molecular flexibility index (Phi) is 3.69. The molecule has 1 heterocycles. The number of aromatic hydroxyl groups is 1. The monoisotopic (exact) mass is 260 g/mol. The second-order valence-electron chi connectivity index (χ2n) is 4.65. The van der Waals surface area contributed by atoms with Crippen LogP contribution < -0.4 is 5.32 Å². The van der Waals surface area contributed by atoms with Gasteiger partial charge in [-0.1, -0.05) is 0 Å². The fraction of sp³-hybridized carbons (Fsp3) is 0.267. The topological polar surface area (TPSA) is 45.1 Å². The van der Waals surface area contributed by atoms with Crippen molar-refractivity contribution in [2.24, 2.45) is 0 Å². The number of hydrogen-bond acceptors (Lipinski definition) is 3. The molecule has 0 aliphatic rings. The minimum Gasteiger partial charge on any atom is -0.508 e. The Morgan fingerprint density at radius 1 is 1.21 bits per heavy atom. The van der Waals surface area contributed by atoms with Gasteiger partial charge in [0.2, 0.25) is 0 Å². The van der Waals surface area contributed by atoms with E-state index in [9.17, 15) is 9.50 Å². The quantitative estimate of drug-likeness (QED) is 0.884. The van der Waals surface area contributed by atoms with Gasteiger partial charge in [0.05, 0.1) is 17.4 Å². The lowest BCUT2D eigenvalue weighted by molar-refractivity contribution is 0.462. The third-order valence-corrected chi connectivity index (χ3v) is 3.05. The van der Waals surface area contributed by atoms with Crippen LogP contribution in [-0.2, 0) is 0 Å². The number of phenolic OH excluding ortho intramolecular Hbond substituents is 1.